The average molecular weight is 283 g/mol. The lowest BCUT2D eigenvalue weighted by Gasteiger charge is -2.26. The van der Waals surface area contributed by atoms with E-state index in [0.29, 0.717) is 11.7 Å². The van der Waals surface area contributed by atoms with Crippen LogP contribution in [0.5, 0.6) is 0 Å². The number of rotatable bonds is 1. The second-order valence-electron chi connectivity index (χ2n) is 5.75. The molecule has 1 saturated carbocycles. The van der Waals surface area contributed by atoms with E-state index >= 15 is 0 Å². The Labute approximate surface area is 118 Å². The Bertz CT molecular complexity index is 501. The normalized spacial score (nSPS) is 28.1. The van der Waals surface area contributed by atoms with Crippen LogP contribution in [0.25, 0.3) is 0 Å². The molecule has 4 rings (SSSR count). The summed E-state index contributed by atoms with van der Waals surface area (Å²) in [6.45, 7) is 2.69. The quantitative estimate of drug-likeness (QED) is 0.811. The molecular weight excluding hydrogens is 264 g/mol. The first-order chi connectivity index (χ1) is 8.83. The molecule has 2 N–H and O–H groups in total. The molecular formula is C13H19ClN4O. The number of piperidine rings is 1. The number of hydrogen-bond acceptors (Lipinski definition) is 3. The van der Waals surface area contributed by atoms with Gasteiger partial charge >= 0.3 is 0 Å². The van der Waals surface area contributed by atoms with E-state index in [4.69, 9.17) is 0 Å². The minimum Gasteiger partial charge on any atom is -0.334 e. The van der Waals surface area contributed by atoms with Crippen LogP contribution in [-0.4, -0.2) is 40.1 Å². The molecule has 104 valence electrons. The molecule has 1 aromatic heterocycles. The van der Waals surface area contributed by atoms with Crippen molar-refractivity contribution < 1.29 is 4.79 Å². The number of carbonyl (C=O) groups excluding carboxylic acids is 1. The van der Waals surface area contributed by atoms with E-state index in [0.717, 1.165) is 43.2 Å². The lowest BCUT2D eigenvalue weighted by atomic mass is 10.1. The van der Waals surface area contributed by atoms with Gasteiger partial charge in [0.25, 0.3) is 5.91 Å². The standard InChI is InChI=1S/C13H18N4O.ClH/c18-13(17-7-8-1-2-9(17)5-8)12-10-6-14-4-3-11(10)15-16-12;/h8-9,14H,1-7H2,(H,15,16);1H. The largest absolute Gasteiger partial charge is 0.334 e. The molecule has 1 aromatic rings. The molecule has 6 heteroatoms. The van der Waals surface area contributed by atoms with Gasteiger partial charge in [0.05, 0.1) is 0 Å². The van der Waals surface area contributed by atoms with Crippen molar-refractivity contribution in [3.63, 3.8) is 0 Å². The Morgan fingerprint density at radius 1 is 1.37 bits per heavy atom. The number of aromatic nitrogens is 2. The van der Waals surface area contributed by atoms with Crippen LogP contribution < -0.4 is 5.32 Å². The molecule has 2 bridgehead atoms. The number of nitrogens with zero attached hydrogens (tertiary/aromatic N) is 2. The molecule has 5 nitrogen and oxygen atoms in total. The molecule has 0 radical (unpaired) electrons. The summed E-state index contributed by atoms with van der Waals surface area (Å²) in [6, 6.07) is 0.478. The van der Waals surface area contributed by atoms with Gasteiger partial charge in [0.2, 0.25) is 0 Å². The van der Waals surface area contributed by atoms with E-state index in [9.17, 15) is 4.79 Å². The number of aromatic amines is 1. The predicted octanol–water partition coefficient (Wildman–Crippen LogP) is 1.10. The third-order valence-electron chi connectivity index (χ3n) is 4.68. The topological polar surface area (TPSA) is 61.0 Å². The summed E-state index contributed by atoms with van der Waals surface area (Å²) >= 11 is 0. The van der Waals surface area contributed by atoms with E-state index in [1.54, 1.807) is 0 Å². The molecule has 1 aliphatic carbocycles. The first-order valence-corrected chi connectivity index (χ1v) is 6.90. The molecule has 0 spiro atoms. The Morgan fingerprint density at radius 2 is 2.26 bits per heavy atom. The zero-order chi connectivity index (χ0) is 12.1. The second kappa shape index (κ2) is 4.80. The third kappa shape index (κ3) is 1.96. The number of fused-ring (bicyclic) bond motifs is 3. The first-order valence-electron chi connectivity index (χ1n) is 6.90. The van der Waals surface area contributed by atoms with Crippen molar-refractivity contribution in [2.75, 3.05) is 13.1 Å². The molecule has 1 saturated heterocycles. The van der Waals surface area contributed by atoms with Gasteiger partial charge in [-0.05, 0) is 25.2 Å². The van der Waals surface area contributed by atoms with Crippen LogP contribution in [0.3, 0.4) is 0 Å². The summed E-state index contributed by atoms with van der Waals surface area (Å²) in [5.74, 6) is 0.884. The van der Waals surface area contributed by atoms with Crippen molar-refractivity contribution in [3.8, 4) is 0 Å². The number of likely N-dealkylation sites (tertiary alicyclic amines) is 1. The van der Waals surface area contributed by atoms with Crippen molar-refractivity contribution >= 4 is 18.3 Å². The van der Waals surface area contributed by atoms with Crippen LogP contribution in [0.2, 0.25) is 0 Å². The number of halogens is 1. The maximum absolute atomic E-state index is 12.6. The number of nitrogens with one attached hydrogen (secondary N) is 2. The Morgan fingerprint density at radius 3 is 3.00 bits per heavy atom. The fraction of sp³-hybridized carbons (Fsp3) is 0.692. The fourth-order valence-electron chi connectivity index (χ4n) is 3.71. The number of H-pyrrole nitrogens is 1. The van der Waals surface area contributed by atoms with Crippen LogP contribution in [0.1, 0.15) is 41.0 Å². The van der Waals surface area contributed by atoms with Crippen LogP contribution >= 0.6 is 12.4 Å². The summed E-state index contributed by atoms with van der Waals surface area (Å²) in [6.07, 6.45) is 4.63. The van der Waals surface area contributed by atoms with Gasteiger partial charge in [-0.3, -0.25) is 9.89 Å². The van der Waals surface area contributed by atoms with E-state index in [1.807, 2.05) is 0 Å². The molecule has 3 aliphatic rings. The number of carbonyl (C=O) groups is 1. The molecule has 1 amide bonds. The molecule has 2 fully saturated rings. The molecule has 2 atom stereocenters. The van der Waals surface area contributed by atoms with Gasteiger partial charge in [-0.2, -0.15) is 5.10 Å². The summed E-state index contributed by atoms with van der Waals surface area (Å²) in [5.41, 5.74) is 2.89. The monoisotopic (exact) mass is 282 g/mol. The molecule has 0 aromatic carbocycles. The van der Waals surface area contributed by atoms with Crippen LogP contribution in [0.15, 0.2) is 0 Å². The van der Waals surface area contributed by atoms with Gasteiger partial charge in [-0.1, -0.05) is 0 Å². The Kier molecular flexibility index (Phi) is 3.27. The highest BCUT2D eigenvalue weighted by molar-refractivity contribution is 5.94. The Hall–Kier alpha value is -1.07. The highest BCUT2D eigenvalue weighted by Gasteiger charge is 2.41. The lowest BCUT2D eigenvalue weighted by Crippen LogP contribution is -2.38. The maximum atomic E-state index is 12.6. The van der Waals surface area contributed by atoms with Crippen molar-refractivity contribution in [1.82, 2.24) is 20.4 Å². The van der Waals surface area contributed by atoms with Crippen molar-refractivity contribution in [3.05, 3.63) is 17.0 Å². The number of amides is 1. The molecule has 2 unspecified atom stereocenters. The smallest absolute Gasteiger partial charge is 0.274 e. The maximum Gasteiger partial charge on any atom is 0.274 e. The van der Waals surface area contributed by atoms with E-state index in [-0.39, 0.29) is 18.3 Å². The van der Waals surface area contributed by atoms with Crippen LogP contribution in [-0.2, 0) is 13.0 Å². The van der Waals surface area contributed by atoms with Gasteiger partial charge in [-0.15, -0.1) is 12.4 Å². The fourth-order valence-corrected chi connectivity index (χ4v) is 3.71. The lowest BCUT2D eigenvalue weighted by molar-refractivity contribution is 0.0696. The van der Waals surface area contributed by atoms with Gasteiger partial charge in [-0.25, -0.2) is 0 Å². The number of hydrogen-bond donors (Lipinski definition) is 2. The summed E-state index contributed by atoms with van der Waals surface area (Å²) in [5, 5.41) is 10.6. The molecule has 3 heterocycles. The summed E-state index contributed by atoms with van der Waals surface area (Å²) in [7, 11) is 0. The zero-order valence-corrected chi connectivity index (χ0v) is 11.6. The SMILES string of the molecule is Cl.O=C(c1n[nH]c2c1CNCC2)N1CC2CCC1C2. The van der Waals surface area contributed by atoms with E-state index in [1.165, 1.54) is 19.3 Å². The van der Waals surface area contributed by atoms with E-state index in [2.05, 4.69) is 20.4 Å². The average Bonchev–Trinajstić information content (AvgIpc) is 3.12. The van der Waals surface area contributed by atoms with Crippen molar-refractivity contribution in [1.29, 1.82) is 0 Å². The van der Waals surface area contributed by atoms with Crippen LogP contribution in [0, 0.1) is 5.92 Å². The first kappa shape index (κ1) is 12.9. The van der Waals surface area contributed by atoms with E-state index < -0.39 is 0 Å². The van der Waals surface area contributed by atoms with Crippen molar-refractivity contribution in [2.24, 2.45) is 5.92 Å². The highest BCUT2D eigenvalue weighted by atomic mass is 35.5. The van der Waals surface area contributed by atoms with Crippen molar-refractivity contribution in [2.45, 2.75) is 38.3 Å². The molecule has 2 aliphatic heterocycles. The Balaban J connectivity index is 0.00000110. The van der Waals surface area contributed by atoms with Gasteiger partial charge in [0.15, 0.2) is 5.69 Å². The minimum absolute atomic E-state index is 0. The molecule has 19 heavy (non-hydrogen) atoms. The van der Waals surface area contributed by atoms with Gasteiger partial charge in [0, 0.05) is 43.4 Å². The van der Waals surface area contributed by atoms with Crippen LogP contribution in [0.4, 0.5) is 0 Å². The summed E-state index contributed by atoms with van der Waals surface area (Å²) in [4.78, 5) is 14.6. The third-order valence-corrected chi connectivity index (χ3v) is 4.68. The summed E-state index contributed by atoms with van der Waals surface area (Å²) < 4.78 is 0. The zero-order valence-electron chi connectivity index (χ0n) is 10.8. The van der Waals surface area contributed by atoms with Gasteiger partial charge < -0.3 is 10.2 Å². The minimum atomic E-state index is 0. The second-order valence-corrected chi connectivity index (χ2v) is 5.75. The van der Waals surface area contributed by atoms with Gasteiger partial charge in [0.1, 0.15) is 0 Å². The predicted molar refractivity (Wildman–Crippen MR) is 73.4 cm³/mol. The highest BCUT2D eigenvalue weighted by Crippen LogP contribution is 2.38.